The molecule has 1 heterocycles. The van der Waals surface area contributed by atoms with Gasteiger partial charge in [0, 0.05) is 10.4 Å². The fourth-order valence-electron chi connectivity index (χ4n) is 2.03. The van der Waals surface area contributed by atoms with Crippen LogP contribution in [0.2, 0.25) is 0 Å². The van der Waals surface area contributed by atoms with Crippen molar-refractivity contribution in [2.75, 3.05) is 0 Å². The minimum absolute atomic E-state index is 0.168. The summed E-state index contributed by atoms with van der Waals surface area (Å²) in [7, 11) is 0. The Kier molecular flexibility index (Phi) is 2.67. The summed E-state index contributed by atoms with van der Waals surface area (Å²) in [5.41, 5.74) is 2.55. The lowest BCUT2D eigenvalue weighted by Crippen LogP contribution is -1.98. The molecule has 0 saturated heterocycles. The quantitative estimate of drug-likeness (QED) is 0.914. The van der Waals surface area contributed by atoms with Crippen LogP contribution in [0.25, 0.3) is 10.6 Å². The lowest BCUT2D eigenvalue weighted by atomic mass is 10.1. The maximum Gasteiger partial charge on any atom is 0.355 e. The average molecular weight is 259 g/mol. The minimum Gasteiger partial charge on any atom is -0.476 e. The normalized spacial score (nSPS) is 14.7. The van der Waals surface area contributed by atoms with Gasteiger partial charge in [-0.1, -0.05) is 24.3 Å². The van der Waals surface area contributed by atoms with Gasteiger partial charge in [0.1, 0.15) is 5.01 Å². The van der Waals surface area contributed by atoms with Crippen LogP contribution >= 0.6 is 11.3 Å². The van der Waals surface area contributed by atoms with E-state index < -0.39 is 5.97 Å². The van der Waals surface area contributed by atoms with Crippen LogP contribution < -0.4 is 0 Å². The number of hydrogen-bond donors (Lipinski definition) is 1. The number of nitrogens with zero attached hydrogens (tertiary/aromatic N) is 1. The molecule has 4 heteroatoms. The van der Waals surface area contributed by atoms with Crippen LogP contribution in [0.1, 0.15) is 39.7 Å². The van der Waals surface area contributed by atoms with Crippen molar-refractivity contribution in [1.29, 1.82) is 0 Å². The van der Waals surface area contributed by atoms with Crippen LogP contribution in [0.4, 0.5) is 0 Å². The van der Waals surface area contributed by atoms with Gasteiger partial charge in [-0.2, -0.15) is 0 Å². The van der Waals surface area contributed by atoms with E-state index in [2.05, 4.69) is 17.1 Å². The maximum absolute atomic E-state index is 11.0. The first-order chi connectivity index (χ1) is 8.65. The third-order valence-electron chi connectivity index (χ3n) is 3.21. The molecular formula is C14H13NO2S. The van der Waals surface area contributed by atoms with Gasteiger partial charge in [-0.3, -0.25) is 0 Å². The smallest absolute Gasteiger partial charge is 0.355 e. The third kappa shape index (κ3) is 2.04. The largest absolute Gasteiger partial charge is 0.476 e. The van der Waals surface area contributed by atoms with Crippen LogP contribution in [-0.2, 0) is 0 Å². The SMILES string of the molecule is Cc1sc(-c2ccc(C3CC3)cc2)nc1C(=O)O. The summed E-state index contributed by atoms with van der Waals surface area (Å²) < 4.78 is 0. The van der Waals surface area contributed by atoms with E-state index in [-0.39, 0.29) is 5.69 Å². The molecule has 0 radical (unpaired) electrons. The molecule has 2 aromatic rings. The number of carbonyl (C=O) groups is 1. The van der Waals surface area contributed by atoms with Crippen molar-refractivity contribution in [3.05, 3.63) is 40.4 Å². The number of rotatable bonds is 3. The Hall–Kier alpha value is -1.68. The van der Waals surface area contributed by atoms with E-state index in [1.807, 2.05) is 12.1 Å². The van der Waals surface area contributed by atoms with Crippen molar-refractivity contribution in [1.82, 2.24) is 4.98 Å². The van der Waals surface area contributed by atoms with Crippen LogP contribution in [-0.4, -0.2) is 16.1 Å². The maximum atomic E-state index is 11.0. The van der Waals surface area contributed by atoms with Crippen molar-refractivity contribution >= 4 is 17.3 Å². The van der Waals surface area contributed by atoms with Crippen LogP contribution in [0, 0.1) is 6.92 Å². The summed E-state index contributed by atoms with van der Waals surface area (Å²) in [6.07, 6.45) is 2.58. The molecule has 92 valence electrons. The molecule has 1 fully saturated rings. The Bertz CT molecular complexity index is 597. The fourth-order valence-corrected chi connectivity index (χ4v) is 2.94. The summed E-state index contributed by atoms with van der Waals surface area (Å²) >= 11 is 1.43. The highest BCUT2D eigenvalue weighted by Crippen LogP contribution is 2.40. The molecule has 18 heavy (non-hydrogen) atoms. The van der Waals surface area contributed by atoms with Crippen LogP contribution in [0.3, 0.4) is 0 Å². The molecule has 1 aromatic heterocycles. The molecule has 1 aliphatic rings. The second-order valence-electron chi connectivity index (χ2n) is 4.63. The number of hydrogen-bond acceptors (Lipinski definition) is 3. The number of aryl methyl sites for hydroxylation is 1. The standard InChI is InChI=1S/C14H13NO2S/c1-8-12(14(16)17)15-13(18-8)11-6-4-10(5-7-11)9-2-3-9/h4-7,9H,2-3H2,1H3,(H,16,17). The predicted molar refractivity (Wildman–Crippen MR) is 71.2 cm³/mol. The van der Waals surface area contributed by atoms with Crippen molar-refractivity contribution in [2.24, 2.45) is 0 Å². The molecule has 1 aliphatic carbocycles. The topological polar surface area (TPSA) is 50.2 Å². The first-order valence-electron chi connectivity index (χ1n) is 5.96. The number of aromatic nitrogens is 1. The molecule has 1 N–H and O–H groups in total. The summed E-state index contributed by atoms with van der Waals surface area (Å²) in [5, 5.41) is 9.78. The molecule has 1 saturated carbocycles. The predicted octanol–water partition coefficient (Wildman–Crippen LogP) is 3.69. The van der Waals surface area contributed by atoms with Gasteiger partial charge in [-0.15, -0.1) is 11.3 Å². The molecule has 0 spiro atoms. The van der Waals surface area contributed by atoms with Crippen LogP contribution in [0.15, 0.2) is 24.3 Å². The van der Waals surface area contributed by atoms with Gasteiger partial charge in [-0.25, -0.2) is 9.78 Å². The van der Waals surface area contributed by atoms with E-state index in [9.17, 15) is 4.79 Å². The Morgan fingerprint density at radius 2 is 2.00 bits per heavy atom. The van der Waals surface area contributed by atoms with Crippen molar-refractivity contribution < 1.29 is 9.90 Å². The van der Waals surface area contributed by atoms with Gasteiger partial charge in [0.25, 0.3) is 0 Å². The number of benzene rings is 1. The minimum atomic E-state index is -0.954. The summed E-state index contributed by atoms with van der Waals surface area (Å²) in [4.78, 5) is 15.9. The number of carboxylic acid groups (broad SMARTS) is 1. The van der Waals surface area contributed by atoms with E-state index >= 15 is 0 Å². The van der Waals surface area contributed by atoms with Crippen molar-refractivity contribution in [3.63, 3.8) is 0 Å². The van der Waals surface area contributed by atoms with E-state index in [4.69, 9.17) is 5.11 Å². The van der Waals surface area contributed by atoms with Gasteiger partial charge < -0.3 is 5.11 Å². The average Bonchev–Trinajstić information content (AvgIpc) is 3.12. The van der Waals surface area contributed by atoms with E-state index in [0.29, 0.717) is 0 Å². The summed E-state index contributed by atoms with van der Waals surface area (Å²) in [6.45, 7) is 1.79. The first-order valence-corrected chi connectivity index (χ1v) is 6.78. The van der Waals surface area contributed by atoms with E-state index in [1.165, 1.54) is 29.7 Å². The first kappa shape index (κ1) is 11.4. The molecule has 3 rings (SSSR count). The van der Waals surface area contributed by atoms with E-state index in [1.54, 1.807) is 6.92 Å². The second kappa shape index (κ2) is 4.21. The zero-order valence-corrected chi connectivity index (χ0v) is 10.8. The van der Waals surface area contributed by atoms with Crippen LogP contribution in [0.5, 0.6) is 0 Å². The van der Waals surface area contributed by atoms with Gasteiger partial charge in [0.2, 0.25) is 0 Å². The van der Waals surface area contributed by atoms with E-state index in [0.717, 1.165) is 21.4 Å². The highest BCUT2D eigenvalue weighted by molar-refractivity contribution is 7.15. The summed E-state index contributed by atoms with van der Waals surface area (Å²) in [6, 6.07) is 8.34. The monoisotopic (exact) mass is 259 g/mol. The number of carboxylic acids is 1. The van der Waals surface area contributed by atoms with Gasteiger partial charge in [0.15, 0.2) is 5.69 Å². The Morgan fingerprint density at radius 3 is 2.50 bits per heavy atom. The Labute approximate surface area is 109 Å². The van der Waals surface area contributed by atoms with Gasteiger partial charge in [0.05, 0.1) is 0 Å². The molecule has 0 bridgehead atoms. The molecular weight excluding hydrogens is 246 g/mol. The van der Waals surface area contributed by atoms with Gasteiger partial charge >= 0.3 is 5.97 Å². The number of thiazole rings is 1. The zero-order chi connectivity index (χ0) is 12.7. The van der Waals surface area contributed by atoms with Crippen molar-refractivity contribution in [2.45, 2.75) is 25.7 Å². The summed E-state index contributed by atoms with van der Waals surface area (Å²) in [5.74, 6) is -0.212. The Morgan fingerprint density at radius 1 is 1.33 bits per heavy atom. The molecule has 0 amide bonds. The molecule has 1 aromatic carbocycles. The molecule has 0 unspecified atom stereocenters. The molecule has 0 aliphatic heterocycles. The zero-order valence-electron chi connectivity index (χ0n) is 10.0. The van der Waals surface area contributed by atoms with Crippen molar-refractivity contribution in [3.8, 4) is 10.6 Å². The second-order valence-corrected chi connectivity index (χ2v) is 5.83. The molecule has 3 nitrogen and oxygen atoms in total. The third-order valence-corrected chi connectivity index (χ3v) is 4.23. The lowest BCUT2D eigenvalue weighted by Gasteiger charge is -1.99. The highest BCUT2D eigenvalue weighted by Gasteiger charge is 2.23. The number of aromatic carboxylic acids is 1. The Balaban J connectivity index is 1.93. The van der Waals surface area contributed by atoms with Gasteiger partial charge in [-0.05, 0) is 31.2 Å². The molecule has 0 atom stereocenters. The fraction of sp³-hybridized carbons (Fsp3) is 0.286. The lowest BCUT2D eigenvalue weighted by molar-refractivity contribution is 0.0690. The highest BCUT2D eigenvalue weighted by atomic mass is 32.1.